The molecule has 0 aliphatic carbocycles. The largest absolute Gasteiger partial charge is 0.338 e. The normalized spacial score (nSPS) is 10.9. The third-order valence-electron chi connectivity index (χ3n) is 3.43. The Bertz CT molecular complexity index is 861. The monoisotopic (exact) mass is 337 g/mol. The van der Waals surface area contributed by atoms with Crippen molar-refractivity contribution >= 4 is 10.1 Å². The van der Waals surface area contributed by atoms with Crippen molar-refractivity contribution in [2.45, 2.75) is 39.5 Å². The molecule has 1 aromatic carbocycles. The highest BCUT2D eigenvalue weighted by atomic mass is 32.2. The van der Waals surface area contributed by atoms with Crippen molar-refractivity contribution in [1.29, 1.82) is 5.41 Å². The molecule has 2 rings (SSSR count). The zero-order chi connectivity index (χ0) is 17.9. The predicted molar refractivity (Wildman–Crippen MR) is 90.4 cm³/mol. The molecule has 23 heavy (non-hydrogen) atoms. The molecule has 0 amide bonds. The molecule has 0 bridgehead atoms. The first kappa shape index (κ1) is 18.9. The smallest absolute Gasteiger partial charge is 0.295 e. The number of hydrogen-bond donors (Lipinski definition) is 3. The number of aryl methyl sites for hydroxylation is 5. The van der Waals surface area contributed by atoms with Crippen LogP contribution >= 0.6 is 0 Å². The highest BCUT2D eigenvalue weighted by molar-refractivity contribution is 7.86. The minimum absolute atomic E-state index is 0.0260. The molecule has 0 saturated carbocycles. The van der Waals surface area contributed by atoms with Gasteiger partial charge in [-0.05, 0) is 57.4 Å². The van der Waals surface area contributed by atoms with E-state index >= 15 is 0 Å². The third-order valence-corrected chi connectivity index (χ3v) is 4.59. The summed E-state index contributed by atoms with van der Waals surface area (Å²) in [5.74, 6) is 5.51. The van der Waals surface area contributed by atoms with Gasteiger partial charge in [0, 0.05) is 5.69 Å². The van der Waals surface area contributed by atoms with E-state index in [1.807, 2.05) is 32.9 Å². The summed E-state index contributed by atoms with van der Waals surface area (Å²) in [4.78, 5) is 0.0260. The van der Waals surface area contributed by atoms with E-state index < -0.39 is 10.1 Å². The van der Waals surface area contributed by atoms with Gasteiger partial charge in [-0.25, -0.2) is 4.68 Å². The molecule has 0 unspecified atom stereocenters. The van der Waals surface area contributed by atoms with Gasteiger partial charge in [0.15, 0.2) is 0 Å². The molecule has 0 spiro atoms. The lowest BCUT2D eigenvalue weighted by atomic mass is 10.1. The Hall–Kier alpha value is -2.12. The van der Waals surface area contributed by atoms with E-state index in [-0.39, 0.29) is 4.90 Å². The van der Waals surface area contributed by atoms with E-state index in [1.54, 1.807) is 26.0 Å². The van der Waals surface area contributed by atoms with Crippen molar-refractivity contribution in [2.24, 2.45) is 0 Å². The molecule has 6 nitrogen and oxygen atoms in total. The molecule has 0 atom stereocenters. The average molecular weight is 337 g/mol. The van der Waals surface area contributed by atoms with Gasteiger partial charge in [0.25, 0.3) is 10.1 Å². The molecule has 1 heterocycles. The second kappa shape index (κ2) is 6.97. The summed E-state index contributed by atoms with van der Waals surface area (Å²) in [5, 5.41) is 7.42. The molecule has 0 aliphatic heterocycles. The third kappa shape index (κ3) is 4.67. The van der Waals surface area contributed by atoms with Gasteiger partial charge in [-0.1, -0.05) is 23.8 Å². The SMILES string of the molecule is Cc1cc(C)c(S(=O)(=O)O)c(C)c1.Cc1ccc(C)n(N)c1=N. The van der Waals surface area contributed by atoms with Crippen molar-refractivity contribution in [3.8, 4) is 0 Å². The van der Waals surface area contributed by atoms with Crippen LogP contribution in [0, 0.1) is 40.0 Å². The Morgan fingerprint density at radius 1 is 1.00 bits per heavy atom. The van der Waals surface area contributed by atoms with Gasteiger partial charge >= 0.3 is 0 Å². The van der Waals surface area contributed by atoms with Crippen LogP contribution in [0.3, 0.4) is 0 Å². The zero-order valence-corrected chi connectivity index (χ0v) is 14.8. The summed E-state index contributed by atoms with van der Waals surface area (Å²) >= 11 is 0. The van der Waals surface area contributed by atoms with Crippen LogP contribution < -0.4 is 11.3 Å². The van der Waals surface area contributed by atoms with Crippen LogP contribution in [0.15, 0.2) is 29.2 Å². The van der Waals surface area contributed by atoms with Gasteiger partial charge in [0.1, 0.15) is 5.49 Å². The maximum atomic E-state index is 10.9. The minimum Gasteiger partial charge on any atom is -0.338 e. The lowest BCUT2D eigenvalue weighted by molar-refractivity contribution is 0.482. The van der Waals surface area contributed by atoms with Crippen LogP contribution in [-0.2, 0) is 10.1 Å². The number of aromatic nitrogens is 1. The van der Waals surface area contributed by atoms with Crippen LogP contribution in [0.2, 0.25) is 0 Å². The number of nitrogens with two attached hydrogens (primary N) is 1. The lowest BCUT2D eigenvalue weighted by Crippen LogP contribution is -2.30. The second-order valence-corrected chi connectivity index (χ2v) is 6.94. The topological polar surface area (TPSA) is 109 Å². The number of nitrogens with one attached hydrogen (secondary N) is 1. The molecule has 0 fully saturated rings. The van der Waals surface area contributed by atoms with Gasteiger partial charge in [-0.15, -0.1) is 0 Å². The van der Waals surface area contributed by atoms with Crippen LogP contribution in [0.5, 0.6) is 0 Å². The first-order valence-electron chi connectivity index (χ1n) is 6.99. The molecule has 0 saturated heterocycles. The van der Waals surface area contributed by atoms with E-state index in [9.17, 15) is 8.42 Å². The Morgan fingerprint density at radius 2 is 1.48 bits per heavy atom. The number of hydrogen-bond acceptors (Lipinski definition) is 4. The Kier molecular flexibility index (Phi) is 5.74. The van der Waals surface area contributed by atoms with Crippen LogP contribution in [0.4, 0.5) is 0 Å². The molecular formula is C16H23N3O3S. The molecule has 1 aromatic heterocycles. The lowest BCUT2D eigenvalue weighted by Gasteiger charge is -2.07. The summed E-state index contributed by atoms with van der Waals surface area (Å²) in [5.41, 5.74) is 4.33. The van der Waals surface area contributed by atoms with Crippen LogP contribution in [-0.4, -0.2) is 17.6 Å². The molecule has 0 aliphatic rings. The van der Waals surface area contributed by atoms with Gasteiger partial charge in [-0.2, -0.15) is 8.42 Å². The van der Waals surface area contributed by atoms with E-state index in [1.165, 1.54) is 4.68 Å². The van der Waals surface area contributed by atoms with Crippen molar-refractivity contribution in [3.05, 3.63) is 57.7 Å². The Balaban J connectivity index is 0.000000238. The summed E-state index contributed by atoms with van der Waals surface area (Å²) < 4.78 is 32.2. The Morgan fingerprint density at radius 3 is 1.87 bits per heavy atom. The summed E-state index contributed by atoms with van der Waals surface area (Å²) in [6.45, 7) is 8.96. The number of nitrogen functional groups attached to an aromatic ring is 1. The van der Waals surface area contributed by atoms with Crippen LogP contribution in [0.1, 0.15) is 27.9 Å². The van der Waals surface area contributed by atoms with Crippen molar-refractivity contribution in [1.82, 2.24) is 4.68 Å². The van der Waals surface area contributed by atoms with Crippen molar-refractivity contribution in [2.75, 3.05) is 5.84 Å². The van der Waals surface area contributed by atoms with E-state index in [4.69, 9.17) is 15.8 Å². The van der Waals surface area contributed by atoms with Gasteiger partial charge < -0.3 is 5.84 Å². The molecular weight excluding hydrogens is 314 g/mol. The first-order valence-corrected chi connectivity index (χ1v) is 8.43. The summed E-state index contributed by atoms with van der Waals surface area (Å²) in [6, 6.07) is 7.25. The molecule has 0 radical (unpaired) electrons. The second-order valence-electron chi connectivity index (χ2n) is 5.58. The van der Waals surface area contributed by atoms with E-state index in [0.717, 1.165) is 16.8 Å². The summed E-state index contributed by atoms with van der Waals surface area (Å²) in [7, 11) is -4.08. The zero-order valence-electron chi connectivity index (χ0n) is 14.0. The fourth-order valence-electron chi connectivity index (χ4n) is 2.34. The summed E-state index contributed by atoms with van der Waals surface area (Å²) in [6.07, 6.45) is 0. The maximum absolute atomic E-state index is 10.9. The molecule has 4 N–H and O–H groups in total. The predicted octanol–water partition coefficient (Wildman–Crippen LogP) is 2.16. The minimum atomic E-state index is -4.08. The fraction of sp³-hybridized carbons (Fsp3) is 0.312. The van der Waals surface area contributed by atoms with Gasteiger partial charge in [-0.3, -0.25) is 9.96 Å². The van der Waals surface area contributed by atoms with Gasteiger partial charge in [0.2, 0.25) is 0 Å². The standard InChI is InChI=1S/C9H12O3S.C7H11N3/c1-6-4-7(2)9(8(3)5-6)13(10,11)12;1-5-3-4-6(2)10(9)7(5)8/h4-5H,1-3H3,(H,10,11,12);3-4,8H,9H2,1-2H3. The van der Waals surface area contributed by atoms with Crippen LogP contribution in [0.25, 0.3) is 0 Å². The molecule has 126 valence electrons. The quantitative estimate of drug-likeness (QED) is 0.547. The number of benzene rings is 1. The average Bonchev–Trinajstić information content (AvgIpc) is 2.39. The van der Waals surface area contributed by atoms with E-state index in [2.05, 4.69) is 0 Å². The number of pyridine rings is 1. The van der Waals surface area contributed by atoms with Crippen molar-refractivity contribution < 1.29 is 13.0 Å². The number of nitrogens with zero attached hydrogens (tertiary/aromatic N) is 1. The highest BCUT2D eigenvalue weighted by Gasteiger charge is 2.15. The molecule has 7 heteroatoms. The molecule has 2 aromatic rings. The fourth-order valence-corrected chi connectivity index (χ4v) is 3.28. The number of rotatable bonds is 1. The van der Waals surface area contributed by atoms with Gasteiger partial charge in [0.05, 0.1) is 4.90 Å². The first-order chi connectivity index (χ1) is 10.4. The van der Waals surface area contributed by atoms with Crippen molar-refractivity contribution in [3.63, 3.8) is 0 Å². The highest BCUT2D eigenvalue weighted by Crippen LogP contribution is 2.20. The Labute approximate surface area is 136 Å². The van der Waals surface area contributed by atoms with E-state index in [0.29, 0.717) is 16.6 Å². The maximum Gasteiger partial charge on any atom is 0.295 e.